The third-order valence-electron chi connectivity index (χ3n) is 1.61. The molecular weight excluding hydrogens is 312 g/mol. The van der Waals surface area contributed by atoms with E-state index in [-0.39, 0.29) is 12.4 Å². The summed E-state index contributed by atoms with van der Waals surface area (Å²) in [7, 11) is 0. The Morgan fingerprint density at radius 3 is 2.50 bits per heavy atom. The highest BCUT2D eigenvalue weighted by Crippen LogP contribution is 2.12. The predicted octanol–water partition coefficient (Wildman–Crippen LogP) is 2.70. The number of likely N-dealkylation sites (N-methyl/N-ethyl adjacent to an activating group) is 1. The van der Waals surface area contributed by atoms with Crippen molar-refractivity contribution in [3.05, 3.63) is 27.8 Å². The summed E-state index contributed by atoms with van der Waals surface area (Å²) >= 11 is 2.28. The zero-order valence-electron chi connectivity index (χ0n) is 8.13. The Bertz CT molecular complexity index is 240. The van der Waals surface area contributed by atoms with Crippen LogP contribution in [0.2, 0.25) is 0 Å². The van der Waals surface area contributed by atoms with E-state index < -0.39 is 0 Å². The van der Waals surface area contributed by atoms with E-state index in [1.807, 2.05) is 24.3 Å². The number of hydrogen-bond acceptors (Lipinski definition) is 2. The van der Waals surface area contributed by atoms with Crippen LogP contribution in [0.15, 0.2) is 24.3 Å². The molecule has 1 aromatic rings. The summed E-state index contributed by atoms with van der Waals surface area (Å²) in [5.41, 5.74) is 0. The fraction of sp³-hybridized carbons (Fsp3) is 0.400. The first-order valence-electron chi connectivity index (χ1n) is 4.42. The SMILES string of the molecule is CCNCCOc1ccc(I)cc1.Cl. The minimum Gasteiger partial charge on any atom is -0.492 e. The van der Waals surface area contributed by atoms with Gasteiger partial charge in [0.25, 0.3) is 0 Å². The molecule has 0 aliphatic rings. The molecule has 0 aromatic heterocycles. The van der Waals surface area contributed by atoms with Crippen LogP contribution in [-0.2, 0) is 0 Å². The van der Waals surface area contributed by atoms with E-state index >= 15 is 0 Å². The standard InChI is InChI=1S/C10H14INO.ClH/c1-2-12-7-8-13-10-5-3-9(11)4-6-10;/h3-6,12H,2,7-8H2,1H3;1H. The summed E-state index contributed by atoms with van der Waals surface area (Å²) in [5, 5.41) is 3.20. The van der Waals surface area contributed by atoms with Crippen molar-refractivity contribution >= 4 is 35.0 Å². The van der Waals surface area contributed by atoms with Gasteiger partial charge in [0.2, 0.25) is 0 Å². The van der Waals surface area contributed by atoms with Crippen molar-refractivity contribution in [3.8, 4) is 5.75 Å². The molecule has 0 bridgehead atoms. The van der Waals surface area contributed by atoms with Crippen molar-refractivity contribution < 1.29 is 4.74 Å². The topological polar surface area (TPSA) is 21.3 Å². The molecule has 0 amide bonds. The van der Waals surface area contributed by atoms with E-state index in [0.29, 0.717) is 0 Å². The Hall–Kier alpha value is -0.0000000000000000555. The Morgan fingerprint density at radius 1 is 1.29 bits per heavy atom. The molecule has 0 radical (unpaired) electrons. The molecule has 1 aromatic carbocycles. The number of rotatable bonds is 5. The molecule has 0 aliphatic heterocycles. The van der Waals surface area contributed by atoms with Gasteiger partial charge in [0, 0.05) is 10.1 Å². The third-order valence-corrected chi connectivity index (χ3v) is 2.33. The van der Waals surface area contributed by atoms with Crippen LogP contribution in [0.5, 0.6) is 5.75 Å². The lowest BCUT2D eigenvalue weighted by molar-refractivity contribution is 0.315. The molecule has 4 heteroatoms. The van der Waals surface area contributed by atoms with Gasteiger partial charge >= 0.3 is 0 Å². The first-order valence-corrected chi connectivity index (χ1v) is 5.50. The van der Waals surface area contributed by atoms with E-state index in [1.54, 1.807) is 0 Å². The Balaban J connectivity index is 0.00000169. The largest absolute Gasteiger partial charge is 0.492 e. The van der Waals surface area contributed by atoms with Crippen molar-refractivity contribution in [2.75, 3.05) is 19.7 Å². The van der Waals surface area contributed by atoms with E-state index in [2.05, 4.69) is 34.8 Å². The highest BCUT2D eigenvalue weighted by molar-refractivity contribution is 14.1. The van der Waals surface area contributed by atoms with Gasteiger partial charge < -0.3 is 10.1 Å². The van der Waals surface area contributed by atoms with Crippen molar-refractivity contribution in [2.45, 2.75) is 6.92 Å². The minimum atomic E-state index is 0. The van der Waals surface area contributed by atoms with Crippen molar-refractivity contribution in [2.24, 2.45) is 0 Å². The third kappa shape index (κ3) is 5.67. The number of ether oxygens (including phenoxy) is 1. The predicted molar refractivity (Wildman–Crippen MR) is 70.4 cm³/mol. The molecule has 0 spiro atoms. The molecular formula is C10H15ClINO. The van der Waals surface area contributed by atoms with Crippen LogP contribution in [0.25, 0.3) is 0 Å². The highest BCUT2D eigenvalue weighted by atomic mass is 127. The second kappa shape index (κ2) is 8.32. The number of nitrogens with one attached hydrogen (secondary N) is 1. The van der Waals surface area contributed by atoms with Crippen LogP contribution in [0.4, 0.5) is 0 Å². The smallest absolute Gasteiger partial charge is 0.119 e. The van der Waals surface area contributed by atoms with E-state index in [1.165, 1.54) is 3.57 Å². The number of halogens is 2. The summed E-state index contributed by atoms with van der Waals surface area (Å²) in [6.07, 6.45) is 0. The fourth-order valence-electron chi connectivity index (χ4n) is 0.949. The lowest BCUT2D eigenvalue weighted by Gasteiger charge is -2.05. The minimum absolute atomic E-state index is 0. The maximum Gasteiger partial charge on any atom is 0.119 e. The second-order valence-corrected chi connectivity index (χ2v) is 3.90. The Morgan fingerprint density at radius 2 is 1.93 bits per heavy atom. The van der Waals surface area contributed by atoms with Gasteiger partial charge in [-0.05, 0) is 53.4 Å². The van der Waals surface area contributed by atoms with Crippen molar-refractivity contribution in [1.29, 1.82) is 0 Å². The van der Waals surface area contributed by atoms with Gasteiger partial charge in [-0.1, -0.05) is 6.92 Å². The van der Waals surface area contributed by atoms with Crippen LogP contribution < -0.4 is 10.1 Å². The van der Waals surface area contributed by atoms with E-state index in [4.69, 9.17) is 4.74 Å². The zero-order chi connectivity index (χ0) is 9.52. The summed E-state index contributed by atoms with van der Waals surface area (Å²) in [6.45, 7) is 4.72. The molecule has 0 atom stereocenters. The number of hydrogen-bond donors (Lipinski definition) is 1. The summed E-state index contributed by atoms with van der Waals surface area (Å²) < 4.78 is 6.73. The van der Waals surface area contributed by atoms with E-state index in [9.17, 15) is 0 Å². The van der Waals surface area contributed by atoms with Crippen molar-refractivity contribution in [1.82, 2.24) is 5.32 Å². The van der Waals surface area contributed by atoms with Gasteiger partial charge in [0.05, 0.1) is 0 Å². The van der Waals surface area contributed by atoms with Gasteiger partial charge in [0.1, 0.15) is 12.4 Å². The maximum atomic E-state index is 5.50. The second-order valence-electron chi connectivity index (χ2n) is 2.66. The normalized spacial score (nSPS) is 9.29. The first kappa shape index (κ1) is 14.0. The zero-order valence-corrected chi connectivity index (χ0v) is 11.1. The monoisotopic (exact) mass is 327 g/mol. The van der Waals surface area contributed by atoms with Crippen LogP contribution in [0, 0.1) is 3.57 Å². The molecule has 0 heterocycles. The fourth-order valence-corrected chi connectivity index (χ4v) is 1.31. The summed E-state index contributed by atoms with van der Waals surface area (Å²) in [5.74, 6) is 0.943. The number of benzene rings is 1. The van der Waals surface area contributed by atoms with Crippen LogP contribution in [0.1, 0.15) is 6.92 Å². The van der Waals surface area contributed by atoms with Gasteiger partial charge in [-0.25, -0.2) is 0 Å². The highest BCUT2D eigenvalue weighted by Gasteiger charge is 1.92. The van der Waals surface area contributed by atoms with Crippen LogP contribution in [0.3, 0.4) is 0 Å². The van der Waals surface area contributed by atoms with Gasteiger partial charge in [-0.15, -0.1) is 12.4 Å². The Labute approximate surface area is 105 Å². The maximum absolute atomic E-state index is 5.50. The molecule has 80 valence electrons. The lowest BCUT2D eigenvalue weighted by atomic mass is 10.3. The van der Waals surface area contributed by atoms with E-state index in [0.717, 1.165) is 25.4 Å². The van der Waals surface area contributed by atoms with Gasteiger partial charge in [0.15, 0.2) is 0 Å². The molecule has 0 aliphatic carbocycles. The molecule has 14 heavy (non-hydrogen) atoms. The van der Waals surface area contributed by atoms with Crippen LogP contribution in [-0.4, -0.2) is 19.7 Å². The van der Waals surface area contributed by atoms with Gasteiger partial charge in [-0.2, -0.15) is 0 Å². The molecule has 1 rings (SSSR count). The average Bonchev–Trinajstić information content (AvgIpc) is 2.15. The molecule has 2 nitrogen and oxygen atoms in total. The quantitative estimate of drug-likeness (QED) is 0.663. The molecule has 0 fully saturated rings. The van der Waals surface area contributed by atoms with Crippen molar-refractivity contribution in [3.63, 3.8) is 0 Å². The van der Waals surface area contributed by atoms with Crippen LogP contribution >= 0.6 is 35.0 Å². The lowest BCUT2D eigenvalue weighted by Crippen LogP contribution is -2.20. The molecule has 0 saturated carbocycles. The molecule has 0 unspecified atom stereocenters. The van der Waals surface area contributed by atoms with Gasteiger partial charge in [-0.3, -0.25) is 0 Å². The first-order chi connectivity index (χ1) is 6.33. The average molecular weight is 328 g/mol. The summed E-state index contributed by atoms with van der Waals surface area (Å²) in [4.78, 5) is 0. The molecule has 1 N–H and O–H groups in total. The summed E-state index contributed by atoms with van der Waals surface area (Å²) in [6, 6.07) is 8.08. The molecule has 0 saturated heterocycles. The Kier molecular flexibility index (Phi) is 8.32.